The van der Waals surface area contributed by atoms with Gasteiger partial charge in [0, 0.05) is 6.54 Å². The average Bonchev–Trinajstić information content (AvgIpc) is 2.26. The SMILES string of the molecule is Cc1cc2c(cc1C)C(=O)N(CCO)CO2. The normalized spacial score (nSPS) is 14.7. The number of aryl methyl sites for hydroxylation is 2. The van der Waals surface area contributed by atoms with Gasteiger partial charge in [-0.25, -0.2) is 0 Å². The number of aliphatic hydroxyl groups excluding tert-OH is 1. The molecule has 0 fully saturated rings. The van der Waals surface area contributed by atoms with Crippen LogP contribution in [0.5, 0.6) is 5.75 Å². The fourth-order valence-electron chi connectivity index (χ4n) is 1.74. The van der Waals surface area contributed by atoms with Gasteiger partial charge >= 0.3 is 0 Å². The molecule has 0 atom stereocenters. The first kappa shape index (κ1) is 11.0. The molecule has 0 aliphatic carbocycles. The predicted molar refractivity (Wildman–Crippen MR) is 59.5 cm³/mol. The first-order valence-electron chi connectivity index (χ1n) is 5.27. The molecule has 0 unspecified atom stereocenters. The van der Waals surface area contributed by atoms with Gasteiger partial charge in [-0.15, -0.1) is 0 Å². The highest BCUT2D eigenvalue weighted by Gasteiger charge is 2.25. The van der Waals surface area contributed by atoms with Crippen molar-refractivity contribution in [1.82, 2.24) is 4.90 Å². The number of hydrogen-bond acceptors (Lipinski definition) is 3. The van der Waals surface area contributed by atoms with Crippen molar-refractivity contribution in [2.45, 2.75) is 13.8 Å². The molecule has 4 nitrogen and oxygen atoms in total. The Hall–Kier alpha value is -1.55. The van der Waals surface area contributed by atoms with E-state index in [1.807, 2.05) is 26.0 Å². The Morgan fingerprint density at radius 3 is 2.75 bits per heavy atom. The number of aliphatic hydroxyl groups is 1. The maximum Gasteiger partial charge on any atom is 0.260 e. The molecule has 0 saturated heterocycles. The topological polar surface area (TPSA) is 49.8 Å². The highest BCUT2D eigenvalue weighted by Crippen LogP contribution is 2.27. The zero-order valence-corrected chi connectivity index (χ0v) is 9.49. The van der Waals surface area contributed by atoms with Gasteiger partial charge in [0.1, 0.15) is 5.75 Å². The van der Waals surface area contributed by atoms with Crippen LogP contribution in [0.25, 0.3) is 0 Å². The van der Waals surface area contributed by atoms with Crippen molar-refractivity contribution in [2.24, 2.45) is 0 Å². The molecule has 0 radical (unpaired) electrons. The first-order valence-corrected chi connectivity index (χ1v) is 5.27. The molecule has 1 amide bonds. The van der Waals surface area contributed by atoms with Gasteiger partial charge in [-0.05, 0) is 37.1 Å². The van der Waals surface area contributed by atoms with Crippen LogP contribution in [0.4, 0.5) is 0 Å². The largest absolute Gasteiger partial charge is 0.472 e. The molecule has 2 rings (SSSR count). The summed E-state index contributed by atoms with van der Waals surface area (Å²) in [5.41, 5.74) is 2.77. The maximum atomic E-state index is 12.0. The zero-order chi connectivity index (χ0) is 11.7. The monoisotopic (exact) mass is 221 g/mol. The summed E-state index contributed by atoms with van der Waals surface area (Å²) in [7, 11) is 0. The smallest absolute Gasteiger partial charge is 0.260 e. The van der Waals surface area contributed by atoms with E-state index in [0.717, 1.165) is 11.1 Å². The van der Waals surface area contributed by atoms with Gasteiger partial charge in [-0.3, -0.25) is 4.79 Å². The number of rotatable bonds is 2. The molecular weight excluding hydrogens is 206 g/mol. The molecule has 0 bridgehead atoms. The van der Waals surface area contributed by atoms with Gasteiger partial charge in [-0.2, -0.15) is 0 Å². The number of benzene rings is 1. The molecule has 0 saturated carbocycles. The van der Waals surface area contributed by atoms with Gasteiger partial charge < -0.3 is 14.7 Å². The molecule has 1 aromatic rings. The summed E-state index contributed by atoms with van der Waals surface area (Å²) in [4.78, 5) is 13.5. The number of β-amino-alcohol motifs (C(OH)–C–C–N with tert-alkyl or cyclic N) is 1. The Labute approximate surface area is 94.4 Å². The van der Waals surface area contributed by atoms with Crippen LogP contribution in [0.2, 0.25) is 0 Å². The number of nitrogens with zero attached hydrogens (tertiary/aromatic N) is 1. The highest BCUT2D eigenvalue weighted by molar-refractivity contribution is 5.98. The number of carbonyl (C=O) groups excluding carboxylic acids is 1. The van der Waals surface area contributed by atoms with Crippen LogP contribution in [-0.4, -0.2) is 35.8 Å². The van der Waals surface area contributed by atoms with E-state index >= 15 is 0 Å². The fraction of sp³-hybridized carbons (Fsp3) is 0.417. The molecule has 1 aliphatic heterocycles. The lowest BCUT2D eigenvalue weighted by atomic mass is 10.0. The minimum Gasteiger partial charge on any atom is -0.472 e. The Morgan fingerprint density at radius 2 is 2.06 bits per heavy atom. The Balaban J connectivity index is 2.37. The van der Waals surface area contributed by atoms with E-state index in [2.05, 4.69) is 0 Å². The van der Waals surface area contributed by atoms with Crippen molar-refractivity contribution in [1.29, 1.82) is 0 Å². The summed E-state index contributed by atoms with van der Waals surface area (Å²) < 4.78 is 5.49. The number of carbonyl (C=O) groups is 1. The van der Waals surface area contributed by atoms with Crippen LogP contribution in [0.1, 0.15) is 21.5 Å². The van der Waals surface area contributed by atoms with Crippen LogP contribution in [0.15, 0.2) is 12.1 Å². The minimum absolute atomic E-state index is 0.0464. The van der Waals surface area contributed by atoms with Crippen molar-refractivity contribution in [2.75, 3.05) is 19.9 Å². The Kier molecular flexibility index (Phi) is 2.83. The molecule has 1 aromatic carbocycles. The van der Waals surface area contributed by atoms with Crippen LogP contribution in [0.3, 0.4) is 0 Å². The standard InChI is InChI=1S/C12H15NO3/c1-8-5-10-11(6-9(8)2)16-7-13(3-4-14)12(10)15/h5-6,14H,3-4,7H2,1-2H3. The van der Waals surface area contributed by atoms with Gasteiger partial charge in [0.05, 0.1) is 12.2 Å². The third kappa shape index (κ3) is 1.76. The van der Waals surface area contributed by atoms with Gasteiger partial charge in [-0.1, -0.05) is 0 Å². The maximum absolute atomic E-state index is 12.0. The molecule has 0 spiro atoms. The van der Waals surface area contributed by atoms with Gasteiger partial charge in [0.15, 0.2) is 6.73 Å². The van der Waals surface area contributed by atoms with E-state index in [0.29, 0.717) is 17.9 Å². The van der Waals surface area contributed by atoms with Crippen LogP contribution in [-0.2, 0) is 0 Å². The highest BCUT2D eigenvalue weighted by atomic mass is 16.5. The van der Waals surface area contributed by atoms with E-state index in [-0.39, 0.29) is 19.2 Å². The molecule has 0 aromatic heterocycles. The minimum atomic E-state index is -0.0709. The lowest BCUT2D eigenvalue weighted by Crippen LogP contribution is -2.40. The number of fused-ring (bicyclic) bond motifs is 1. The van der Waals surface area contributed by atoms with Crippen LogP contribution >= 0.6 is 0 Å². The zero-order valence-electron chi connectivity index (χ0n) is 9.49. The molecular formula is C12H15NO3. The van der Waals surface area contributed by atoms with Gasteiger partial charge in [0.25, 0.3) is 5.91 Å². The molecule has 4 heteroatoms. The second kappa shape index (κ2) is 4.14. The average molecular weight is 221 g/mol. The van der Waals surface area contributed by atoms with Crippen LogP contribution < -0.4 is 4.74 Å². The first-order chi connectivity index (χ1) is 7.63. The Bertz CT molecular complexity index is 429. The molecule has 1 N–H and O–H groups in total. The second-order valence-electron chi connectivity index (χ2n) is 4.00. The number of ether oxygens (including phenoxy) is 1. The van der Waals surface area contributed by atoms with Crippen molar-refractivity contribution in [3.8, 4) is 5.75 Å². The van der Waals surface area contributed by atoms with E-state index in [1.54, 1.807) is 0 Å². The molecule has 1 aliphatic rings. The summed E-state index contributed by atoms with van der Waals surface area (Å²) in [6.45, 7) is 4.44. The lowest BCUT2D eigenvalue weighted by Gasteiger charge is -2.28. The quantitative estimate of drug-likeness (QED) is 0.813. The lowest BCUT2D eigenvalue weighted by molar-refractivity contribution is 0.0469. The third-order valence-electron chi connectivity index (χ3n) is 2.86. The van der Waals surface area contributed by atoms with E-state index in [4.69, 9.17) is 9.84 Å². The summed E-state index contributed by atoms with van der Waals surface area (Å²) in [6.07, 6.45) is 0. The molecule has 16 heavy (non-hydrogen) atoms. The summed E-state index contributed by atoms with van der Waals surface area (Å²) in [5, 5.41) is 8.83. The van der Waals surface area contributed by atoms with Crippen molar-refractivity contribution in [3.05, 3.63) is 28.8 Å². The third-order valence-corrected chi connectivity index (χ3v) is 2.86. The second-order valence-corrected chi connectivity index (χ2v) is 4.00. The summed E-state index contributed by atoms with van der Waals surface area (Å²) in [6, 6.07) is 3.73. The Morgan fingerprint density at radius 1 is 1.38 bits per heavy atom. The van der Waals surface area contributed by atoms with Crippen molar-refractivity contribution < 1.29 is 14.6 Å². The van der Waals surface area contributed by atoms with E-state index in [1.165, 1.54) is 4.90 Å². The van der Waals surface area contributed by atoms with Crippen molar-refractivity contribution >= 4 is 5.91 Å². The fourth-order valence-corrected chi connectivity index (χ4v) is 1.74. The molecule has 86 valence electrons. The number of amides is 1. The van der Waals surface area contributed by atoms with E-state index in [9.17, 15) is 4.79 Å². The van der Waals surface area contributed by atoms with E-state index < -0.39 is 0 Å². The number of hydrogen-bond donors (Lipinski definition) is 1. The summed E-state index contributed by atoms with van der Waals surface area (Å²) >= 11 is 0. The van der Waals surface area contributed by atoms with Crippen LogP contribution in [0, 0.1) is 13.8 Å². The van der Waals surface area contributed by atoms with Gasteiger partial charge in [0.2, 0.25) is 0 Å². The molecule has 1 heterocycles. The summed E-state index contributed by atoms with van der Waals surface area (Å²) in [5.74, 6) is 0.570. The van der Waals surface area contributed by atoms with Crippen molar-refractivity contribution in [3.63, 3.8) is 0 Å². The predicted octanol–water partition coefficient (Wildman–Crippen LogP) is 1.09.